The fourth-order valence-electron chi connectivity index (χ4n) is 1.33. The summed E-state index contributed by atoms with van der Waals surface area (Å²) in [7, 11) is 0. The number of thioether (sulfide) groups is 1. The molecule has 0 amide bonds. The number of carbonyl (C=O) groups is 1. The van der Waals surface area contributed by atoms with Crippen LogP contribution < -0.4 is 0 Å². The van der Waals surface area contributed by atoms with E-state index in [4.69, 9.17) is 0 Å². The third-order valence-electron chi connectivity index (χ3n) is 2.18. The van der Waals surface area contributed by atoms with Gasteiger partial charge in [0.05, 0.1) is 11.7 Å². The Morgan fingerprint density at radius 1 is 1.29 bits per heavy atom. The first-order chi connectivity index (χ1) is 7.93. The van der Waals surface area contributed by atoms with Crippen molar-refractivity contribution in [2.45, 2.75) is 19.1 Å². The van der Waals surface area contributed by atoms with Crippen LogP contribution in [0.2, 0.25) is 0 Å². The fraction of sp³-hybridized carbons (Fsp3) is 0.364. The normalized spacial score (nSPS) is 14.3. The van der Waals surface area contributed by atoms with E-state index >= 15 is 0 Å². The van der Waals surface area contributed by atoms with E-state index in [1.165, 1.54) is 25.1 Å². The molecular weight excluding hydrogens is 244 g/mol. The second-order valence-electron chi connectivity index (χ2n) is 3.52. The summed E-state index contributed by atoms with van der Waals surface area (Å²) < 4.78 is 0. The summed E-state index contributed by atoms with van der Waals surface area (Å²) in [6, 6.07) is 4.00. The number of aliphatic hydroxyl groups excluding tert-OH is 2. The molecule has 4 N–H and O–H groups in total. The van der Waals surface area contributed by atoms with Gasteiger partial charge >= 0.3 is 0 Å². The van der Waals surface area contributed by atoms with Crippen LogP contribution in [0.15, 0.2) is 18.2 Å². The highest BCUT2D eigenvalue weighted by molar-refractivity contribution is 8.13. The van der Waals surface area contributed by atoms with Gasteiger partial charge in [-0.2, -0.15) is 0 Å². The Hall–Kier alpha value is -1.24. The fourth-order valence-corrected chi connectivity index (χ4v) is 1.92. The topological polar surface area (TPSA) is 98.0 Å². The molecule has 0 saturated carbocycles. The van der Waals surface area contributed by atoms with Gasteiger partial charge in [-0.25, -0.2) is 0 Å². The van der Waals surface area contributed by atoms with Crippen molar-refractivity contribution < 1.29 is 25.2 Å². The lowest BCUT2D eigenvalue weighted by molar-refractivity contribution is -0.109. The third kappa shape index (κ3) is 3.62. The molecule has 0 heterocycles. The highest BCUT2D eigenvalue weighted by Gasteiger charge is 2.24. The van der Waals surface area contributed by atoms with Gasteiger partial charge in [0.25, 0.3) is 0 Å². The Labute approximate surface area is 103 Å². The second kappa shape index (κ2) is 5.90. The average molecular weight is 258 g/mol. The minimum atomic E-state index is -1.44. The zero-order valence-corrected chi connectivity index (χ0v) is 10.0. The monoisotopic (exact) mass is 258 g/mol. The Balaban J connectivity index is 2.81. The standard InChI is InChI=1S/C11H14O5S/c1-6(12)17-5-9(15)11(16)10-7(13)3-2-4-8(10)14/h2-4,9,11,13-16H,5H2,1H3. The summed E-state index contributed by atoms with van der Waals surface area (Å²) in [6.07, 6.45) is -2.69. The van der Waals surface area contributed by atoms with E-state index in [2.05, 4.69) is 0 Å². The highest BCUT2D eigenvalue weighted by Crippen LogP contribution is 2.34. The molecule has 5 nitrogen and oxygen atoms in total. The van der Waals surface area contributed by atoms with Crippen LogP contribution in [0, 0.1) is 0 Å². The maximum Gasteiger partial charge on any atom is 0.185 e. The van der Waals surface area contributed by atoms with Gasteiger partial charge in [-0.3, -0.25) is 4.79 Å². The third-order valence-corrected chi connectivity index (χ3v) is 3.09. The van der Waals surface area contributed by atoms with Crippen LogP contribution in [0.1, 0.15) is 18.6 Å². The van der Waals surface area contributed by atoms with Crippen molar-refractivity contribution in [1.29, 1.82) is 0 Å². The molecule has 1 aromatic rings. The predicted octanol–water partition coefficient (Wildman–Crippen LogP) is 0.772. The van der Waals surface area contributed by atoms with Crippen molar-refractivity contribution in [3.8, 4) is 11.5 Å². The second-order valence-corrected chi connectivity index (χ2v) is 4.72. The van der Waals surface area contributed by atoms with Crippen LogP contribution >= 0.6 is 11.8 Å². The molecule has 0 aliphatic heterocycles. The summed E-state index contributed by atoms with van der Waals surface area (Å²) in [5, 5.41) is 38.2. The van der Waals surface area contributed by atoms with E-state index in [0.29, 0.717) is 0 Å². The van der Waals surface area contributed by atoms with Crippen molar-refractivity contribution >= 4 is 16.9 Å². The number of aliphatic hydroxyl groups is 2. The van der Waals surface area contributed by atoms with Gasteiger partial charge in [0, 0.05) is 12.7 Å². The zero-order valence-electron chi connectivity index (χ0n) is 9.20. The first-order valence-electron chi connectivity index (χ1n) is 4.93. The molecule has 0 saturated heterocycles. The van der Waals surface area contributed by atoms with Crippen LogP contribution in [0.5, 0.6) is 11.5 Å². The lowest BCUT2D eigenvalue weighted by Gasteiger charge is -2.19. The van der Waals surface area contributed by atoms with Crippen molar-refractivity contribution in [2.24, 2.45) is 0 Å². The summed E-state index contributed by atoms with van der Waals surface area (Å²) >= 11 is 0.862. The van der Waals surface area contributed by atoms with E-state index in [-0.39, 0.29) is 27.9 Å². The Morgan fingerprint density at radius 2 is 1.82 bits per heavy atom. The Morgan fingerprint density at radius 3 is 2.29 bits per heavy atom. The van der Waals surface area contributed by atoms with E-state index in [0.717, 1.165) is 11.8 Å². The van der Waals surface area contributed by atoms with E-state index in [1.807, 2.05) is 0 Å². The molecule has 0 aliphatic carbocycles. The zero-order chi connectivity index (χ0) is 13.0. The first-order valence-corrected chi connectivity index (χ1v) is 5.92. The molecule has 0 bridgehead atoms. The van der Waals surface area contributed by atoms with Crippen molar-refractivity contribution in [3.05, 3.63) is 23.8 Å². The largest absolute Gasteiger partial charge is 0.507 e. The SMILES string of the molecule is CC(=O)SCC(O)C(O)c1c(O)cccc1O. The number of hydrogen-bond acceptors (Lipinski definition) is 6. The van der Waals surface area contributed by atoms with E-state index < -0.39 is 12.2 Å². The summed E-state index contributed by atoms with van der Waals surface area (Å²) in [5.41, 5.74) is -0.135. The molecule has 1 aromatic carbocycles. The minimum Gasteiger partial charge on any atom is -0.507 e. The summed E-state index contributed by atoms with van der Waals surface area (Å²) in [5.74, 6) is -0.613. The van der Waals surface area contributed by atoms with Gasteiger partial charge in [-0.05, 0) is 12.1 Å². The van der Waals surface area contributed by atoms with Crippen molar-refractivity contribution in [1.82, 2.24) is 0 Å². The molecule has 0 spiro atoms. The van der Waals surface area contributed by atoms with Gasteiger partial charge in [0.15, 0.2) is 5.12 Å². The van der Waals surface area contributed by atoms with Gasteiger partial charge in [-0.15, -0.1) is 0 Å². The van der Waals surface area contributed by atoms with Crippen LogP contribution in [0.3, 0.4) is 0 Å². The van der Waals surface area contributed by atoms with Crippen LogP contribution in [-0.4, -0.2) is 37.4 Å². The lowest BCUT2D eigenvalue weighted by Crippen LogP contribution is -2.21. The van der Waals surface area contributed by atoms with Gasteiger partial charge in [0.1, 0.15) is 17.6 Å². The van der Waals surface area contributed by atoms with Gasteiger partial charge in [0.2, 0.25) is 0 Å². The Bertz CT molecular complexity index is 387. The molecule has 0 fully saturated rings. The number of phenols is 2. The number of hydrogen-bond donors (Lipinski definition) is 4. The first kappa shape index (κ1) is 13.8. The highest BCUT2D eigenvalue weighted by atomic mass is 32.2. The average Bonchev–Trinajstić information content (AvgIpc) is 2.25. The minimum absolute atomic E-state index is 0.00965. The molecule has 2 unspecified atom stereocenters. The molecule has 1 rings (SSSR count). The van der Waals surface area contributed by atoms with Crippen molar-refractivity contribution in [3.63, 3.8) is 0 Å². The van der Waals surface area contributed by atoms with Gasteiger partial charge in [-0.1, -0.05) is 17.8 Å². The molecule has 0 aliphatic rings. The predicted molar refractivity (Wildman–Crippen MR) is 63.9 cm³/mol. The molecule has 17 heavy (non-hydrogen) atoms. The lowest BCUT2D eigenvalue weighted by atomic mass is 10.0. The van der Waals surface area contributed by atoms with E-state index in [1.54, 1.807) is 0 Å². The quantitative estimate of drug-likeness (QED) is 0.637. The molecule has 0 radical (unpaired) electrons. The van der Waals surface area contributed by atoms with Crippen molar-refractivity contribution in [2.75, 3.05) is 5.75 Å². The van der Waals surface area contributed by atoms with Crippen LogP contribution in [0.4, 0.5) is 0 Å². The number of aromatic hydroxyl groups is 2. The molecular formula is C11H14O5S. The molecule has 0 aromatic heterocycles. The van der Waals surface area contributed by atoms with Crippen LogP contribution in [0.25, 0.3) is 0 Å². The number of carbonyl (C=O) groups excluding carboxylic acids is 1. The number of benzene rings is 1. The molecule has 2 atom stereocenters. The van der Waals surface area contributed by atoms with E-state index in [9.17, 15) is 25.2 Å². The maximum absolute atomic E-state index is 10.7. The van der Waals surface area contributed by atoms with Crippen LogP contribution in [-0.2, 0) is 4.79 Å². The smallest absolute Gasteiger partial charge is 0.185 e. The number of rotatable bonds is 4. The number of phenolic OH excluding ortho intramolecular Hbond substituents is 2. The Kier molecular flexibility index (Phi) is 4.80. The molecule has 6 heteroatoms. The summed E-state index contributed by atoms with van der Waals surface area (Å²) in [6.45, 7) is 1.35. The summed E-state index contributed by atoms with van der Waals surface area (Å²) in [4.78, 5) is 10.7. The molecule has 94 valence electrons. The van der Waals surface area contributed by atoms with Gasteiger partial charge < -0.3 is 20.4 Å². The maximum atomic E-state index is 10.7.